The van der Waals surface area contributed by atoms with Gasteiger partial charge in [0.25, 0.3) is 0 Å². The van der Waals surface area contributed by atoms with Crippen molar-refractivity contribution >= 4 is 23.5 Å². The Balaban J connectivity index is 2.05. The molecule has 2 rings (SSSR count). The molecule has 7 nitrogen and oxygen atoms in total. The summed E-state index contributed by atoms with van der Waals surface area (Å²) in [6.45, 7) is 4.46. The number of carbonyl (C=O) groups is 1. The molecule has 0 saturated carbocycles. The number of nitrogen functional groups attached to an aromatic ring is 1. The first-order valence-electron chi connectivity index (χ1n) is 7.03. The number of aromatic nitrogens is 2. The third-order valence-electron chi connectivity index (χ3n) is 3.51. The molecule has 0 atom stereocenters. The van der Waals surface area contributed by atoms with E-state index in [2.05, 4.69) is 27.1 Å². The Kier molecular flexibility index (Phi) is 4.60. The maximum absolute atomic E-state index is 11.2. The Labute approximate surface area is 118 Å². The van der Waals surface area contributed by atoms with Crippen LogP contribution in [0.3, 0.4) is 0 Å². The topological polar surface area (TPSA) is 110 Å². The van der Waals surface area contributed by atoms with Crippen molar-refractivity contribution in [2.45, 2.75) is 26.2 Å². The van der Waals surface area contributed by atoms with Crippen LogP contribution in [0, 0.1) is 5.92 Å². The lowest BCUT2D eigenvalue weighted by Gasteiger charge is -2.31. The lowest BCUT2D eigenvalue weighted by molar-refractivity contribution is -0.122. The third kappa shape index (κ3) is 3.49. The number of primary amides is 1. The van der Waals surface area contributed by atoms with E-state index in [4.69, 9.17) is 11.5 Å². The summed E-state index contributed by atoms with van der Waals surface area (Å²) in [5.41, 5.74) is 11.1. The van der Waals surface area contributed by atoms with Gasteiger partial charge < -0.3 is 21.7 Å². The van der Waals surface area contributed by atoms with Crippen LogP contribution in [0.1, 0.15) is 26.2 Å². The molecule has 1 fully saturated rings. The van der Waals surface area contributed by atoms with E-state index in [0.29, 0.717) is 0 Å². The maximum Gasteiger partial charge on any atom is 0.223 e. The highest BCUT2D eigenvalue weighted by Gasteiger charge is 2.24. The van der Waals surface area contributed by atoms with Gasteiger partial charge in [0.2, 0.25) is 11.9 Å². The van der Waals surface area contributed by atoms with Gasteiger partial charge in [0.05, 0.1) is 0 Å². The Bertz CT molecular complexity index is 470. The smallest absolute Gasteiger partial charge is 0.223 e. The summed E-state index contributed by atoms with van der Waals surface area (Å²) in [6.07, 6.45) is 2.54. The fourth-order valence-electron chi connectivity index (χ4n) is 2.35. The van der Waals surface area contributed by atoms with Gasteiger partial charge in [-0.15, -0.1) is 0 Å². The first kappa shape index (κ1) is 14.4. The summed E-state index contributed by atoms with van der Waals surface area (Å²) < 4.78 is 0. The largest absolute Gasteiger partial charge is 0.370 e. The van der Waals surface area contributed by atoms with Crippen molar-refractivity contribution < 1.29 is 4.79 Å². The lowest BCUT2D eigenvalue weighted by atomic mass is 9.96. The maximum atomic E-state index is 11.2. The number of nitrogens with zero attached hydrogens (tertiary/aromatic N) is 3. The molecule has 2 heterocycles. The third-order valence-corrected chi connectivity index (χ3v) is 3.51. The highest BCUT2D eigenvalue weighted by molar-refractivity contribution is 5.77. The molecule has 7 heteroatoms. The van der Waals surface area contributed by atoms with Crippen LogP contribution >= 0.6 is 0 Å². The first-order chi connectivity index (χ1) is 9.60. The number of anilines is 3. The van der Waals surface area contributed by atoms with Gasteiger partial charge in [-0.25, -0.2) is 0 Å². The van der Waals surface area contributed by atoms with Crippen molar-refractivity contribution in [3.8, 4) is 0 Å². The van der Waals surface area contributed by atoms with Gasteiger partial charge in [-0.3, -0.25) is 4.79 Å². The molecule has 1 aliphatic rings. The van der Waals surface area contributed by atoms with E-state index in [1.54, 1.807) is 0 Å². The summed E-state index contributed by atoms with van der Waals surface area (Å²) in [7, 11) is 0. The van der Waals surface area contributed by atoms with Crippen LogP contribution in [0.25, 0.3) is 0 Å². The van der Waals surface area contributed by atoms with Gasteiger partial charge in [0, 0.05) is 31.6 Å². The molecular formula is C13H22N6O. The van der Waals surface area contributed by atoms with Gasteiger partial charge >= 0.3 is 0 Å². The molecule has 1 aliphatic heterocycles. The average molecular weight is 278 g/mol. The zero-order valence-electron chi connectivity index (χ0n) is 11.8. The SMILES string of the molecule is CCCNc1cc(N2CCC(C(N)=O)CC2)nc(N)n1. The van der Waals surface area contributed by atoms with Crippen LogP contribution in [0.2, 0.25) is 0 Å². The molecule has 0 aliphatic carbocycles. The molecule has 1 amide bonds. The number of carbonyl (C=O) groups excluding carboxylic acids is 1. The van der Waals surface area contributed by atoms with Crippen LogP contribution < -0.4 is 21.7 Å². The zero-order valence-corrected chi connectivity index (χ0v) is 11.8. The molecule has 1 aromatic rings. The molecule has 110 valence electrons. The number of rotatable bonds is 5. The van der Waals surface area contributed by atoms with Gasteiger partial charge in [-0.2, -0.15) is 9.97 Å². The fourth-order valence-corrected chi connectivity index (χ4v) is 2.35. The standard InChI is InChI=1S/C13H22N6O/c1-2-5-16-10-8-11(18-13(15)17-10)19-6-3-9(4-7-19)12(14)20/h8-9H,2-7H2,1H3,(H2,14,20)(H3,15,16,17,18). The molecule has 0 radical (unpaired) electrons. The fraction of sp³-hybridized carbons (Fsp3) is 0.615. The summed E-state index contributed by atoms with van der Waals surface area (Å²) in [5, 5.41) is 3.21. The van der Waals surface area contributed by atoms with Gasteiger partial charge in [0.15, 0.2) is 0 Å². The van der Waals surface area contributed by atoms with E-state index in [9.17, 15) is 4.79 Å². The van der Waals surface area contributed by atoms with E-state index < -0.39 is 0 Å². The molecule has 0 bridgehead atoms. The second-order valence-electron chi connectivity index (χ2n) is 5.06. The van der Waals surface area contributed by atoms with Crippen molar-refractivity contribution in [2.75, 3.05) is 35.6 Å². The molecular weight excluding hydrogens is 256 g/mol. The van der Waals surface area contributed by atoms with Crippen LogP contribution in [0.4, 0.5) is 17.6 Å². The quantitative estimate of drug-likeness (QED) is 0.726. The number of hydrogen-bond acceptors (Lipinski definition) is 6. The van der Waals surface area contributed by atoms with Crippen molar-refractivity contribution in [3.05, 3.63) is 6.07 Å². The van der Waals surface area contributed by atoms with E-state index >= 15 is 0 Å². The molecule has 0 aromatic carbocycles. The molecule has 0 spiro atoms. The monoisotopic (exact) mass is 278 g/mol. The lowest BCUT2D eigenvalue weighted by Crippen LogP contribution is -2.39. The van der Waals surface area contributed by atoms with E-state index in [0.717, 1.165) is 50.5 Å². The van der Waals surface area contributed by atoms with Crippen molar-refractivity contribution in [3.63, 3.8) is 0 Å². The number of amides is 1. The van der Waals surface area contributed by atoms with Crippen molar-refractivity contribution in [2.24, 2.45) is 11.7 Å². The molecule has 20 heavy (non-hydrogen) atoms. The Morgan fingerprint density at radius 3 is 2.75 bits per heavy atom. The van der Waals surface area contributed by atoms with Gasteiger partial charge in [0.1, 0.15) is 11.6 Å². The summed E-state index contributed by atoms with van der Waals surface area (Å²) in [4.78, 5) is 21.7. The highest BCUT2D eigenvalue weighted by atomic mass is 16.1. The van der Waals surface area contributed by atoms with Crippen LogP contribution in [0.15, 0.2) is 6.07 Å². The summed E-state index contributed by atoms with van der Waals surface area (Å²) >= 11 is 0. The molecule has 1 saturated heterocycles. The predicted octanol–water partition coefficient (Wildman–Crippen LogP) is 0.582. The number of nitrogens with one attached hydrogen (secondary N) is 1. The van der Waals surface area contributed by atoms with E-state index in [1.165, 1.54) is 0 Å². The van der Waals surface area contributed by atoms with Crippen LogP contribution in [0.5, 0.6) is 0 Å². The Hall–Kier alpha value is -2.05. The first-order valence-corrected chi connectivity index (χ1v) is 7.03. The zero-order chi connectivity index (χ0) is 14.5. The molecule has 0 unspecified atom stereocenters. The second-order valence-corrected chi connectivity index (χ2v) is 5.06. The number of nitrogens with two attached hydrogens (primary N) is 2. The minimum atomic E-state index is -0.211. The second kappa shape index (κ2) is 6.40. The Morgan fingerprint density at radius 2 is 2.15 bits per heavy atom. The van der Waals surface area contributed by atoms with E-state index in [1.807, 2.05) is 6.07 Å². The minimum Gasteiger partial charge on any atom is -0.370 e. The summed E-state index contributed by atoms with van der Waals surface area (Å²) in [5.74, 6) is 1.57. The Morgan fingerprint density at radius 1 is 1.45 bits per heavy atom. The van der Waals surface area contributed by atoms with Crippen LogP contribution in [-0.2, 0) is 4.79 Å². The predicted molar refractivity (Wildman–Crippen MR) is 79.4 cm³/mol. The molecule has 5 N–H and O–H groups in total. The minimum absolute atomic E-state index is 0.0249. The highest BCUT2D eigenvalue weighted by Crippen LogP contribution is 2.23. The van der Waals surface area contributed by atoms with Gasteiger partial charge in [-0.05, 0) is 19.3 Å². The molecule has 1 aromatic heterocycles. The number of hydrogen-bond donors (Lipinski definition) is 3. The number of piperidine rings is 1. The normalized spacial score (nSPS) is 16.1. The van der Waals surface area contributed by atoms with Crippen molar-refractivity contribution in [1.82, 2.24) is 9.97 Å². The van der Waals surface area contributed by atoms with E-state index in [-0.39, 0.29) is 17.8 Å². The average Bonchev–Trinajstić information content (AvgIpc) is 2.44. The summed E-state index contributed by atoms with van der Waals surface area (Å²) in [6, 6.07) is 1.90. The van der Waals surface area contributed by atoms with Crippen molar-refractivity contribution in [1.29, 1.82) is 0 Å². The van der Waals surface area contributed by atoms with Crippen LogP contribution in [-0.4, -0.2) is 35.5 Å². The van der Waals surface area contributed by atoms with Gasteiger partial charge in [-0.1, -0.05) is 6.92 Å².